The van der Waals surface area contributed by atoms with Crippen molar-refractivity contribution in [3.8, 4) is 0 Å². The van der Waals surface area contributed by atoms with Gasteiger partial charge in [-0.15, -0.1) is 11.8 Å². The maximum absolute atomic E-state index is 12.3. The minimum absolute atomic E-state index is 0.0293. The monoisotopic (exact) mass is 612 g/mol. The minimum atomic E-state index is -0.863. The number of amides is 1. The second kappa shape index (κ2) is 15.1. The normalized spacial score (nSPS) is 20.4. The quantitative estimate of drug-likeness (QED) is 0.160. The maximum atomic E-state index is 12.3. The summed E-state index contributed by atoms with van der Waals surface area (Å²) in [5.41, 5.74) is 4.68. The summed E-state index contributed by atoms with van der Waals surface area (Å²) in [6.45, 7) is 3.07. The summed E-state index contributed by atoms with van der Waals surface area (Å²) in [6.07, 6.45) is -0.249. The number of nitrogens with one attached hydrogen (secondary N) is 1. The lowest BCUT2D eigenvalue weighted by atomic mass is 9.84. The van der Waals surface area contributed by atoms with Crippen LogP contribution >= 0.6 is 11.8 Å². The van der Waals surface area contributed by atoms with Gasteiger partial charge >= 0.3 is 5.97 Å². The van der Waals surface area contributed by atoms with Crippen LogP contribution in [-0.4, -0.2) is 39.9 Å². The fraction of sp³-hybridized carbons (Fsp3) is 0.286. The number of rotatable bonds is 11. The van der Waals surface area contributed by atoms with Crippen molar-refractivity contribution in [2.45, 2.75) is 62.5 Å². The van der Waals surface area contributed by atoms with Gasteiger partial charge in [-0.3, -0.25) is 9.59 Å². The predicted octanol–water partition coefficient (Wildman–Crippen LogP) is 5.87. The molecule has 3 aromatic carbocycles. The van der Waals surface area contributed by atoms with E-state index in [1.807, 2.05) is 84.9 Å². The van der Waals surface area contributed by atoms with Crippen LogP contribution < -0.4 is 5.32 Å². The zero-order valence-electron chi connectivity index (χ0n) is 24.7. The van der Waals surface area contributed by atoms with Gasteiger partial charge in [0.2, 0.25) is 0 Å². The molecule has 1 amide bonds. The van der Waals surface area contributed by atoms with Gasteiger partial charge in [0, 0.05) is 36.9 Å². The number of carbonyl (C=O) groups is 2. The van der Waals surface area contributed by atoms with E-state index in [1.54, 1.807) is 18.0 Å². The van der Waals surface area contributed by atoms with E-state index in [4.69, 9.17) is 14.2 Å². The van der Waals surface area contributed by atoms with Gasteiger partial charge in [0.1, 0.15) is 0 Å². The molecule has 228 valence electrons. The molecule has 5 atom stereocenters. The Balaban J connectivity index is 1.40. The molecule has 9 heteroatoms. The Bertz CT molecular complexity index is 1500. The Labute approximate surface area is 261 Å². The lowest BCUT2D eigenvalue weighted by molar-refractivity contribution is -0.255. The number of aromatic nitrogens is 1. The number of ether oxygens (including phenoxy) is 3. The first-order valence-electron chi connectivity index (χ1n) is 14.5. The predicted molar refractivity (Wildman–Crippen MR) is 167 cm³/mol. The third-order valence-electron chi connectivity index (χ3n) is 7.43. The molecule has 8 nitrogen and oxygen atoms in total. The maximum Gasteiger partial charge on any atom is 0.303 e. The van der Waals surface area contributed by atoms with E-state index in [1.165, 1.54) is 13.8 Å². The van der Waals surface area contributed by atoms with Crippen molar-refractivity contribution in [2.75, 3.05) is 5.75 Å². The van der Waals surface area contributed by atoms with Gasteiger partial charge in [-0.1, -0.05) is 84.9 Å². The van der Waals surface area contributed by atoms with Crippen molar-refractivity contribution in [3.63, 3.8) is 0 Å². The zero-order chi connectivity index (χ0) is 30.9. The molecule has 1 aliphatic heterocycles. The number of hydrogen-bond donors (Lipinski definition) is 2. The van der Waals surface area contributed by atoms with E-state index in [-0.39, 0.29) is 37.2 Å². The van der Waals surface area contributed by atoms with Gasteiger partial charge in [0.05, 0.1) is 23.8 Å². The number of nitrogens with zero attached hydrogens (tertiary/aromatic N) is 1. The molecular formula is C35H36N2O6S. The lowest BCUT2D eigenvalue weighted by Gasteiger charge is -2.43. The molecule has 2 heterocycles. The minimum Gasteiger partial charge on any atom is -0.453 e. The van der Waals surface area contributed by atoms with Crippen LogP contribution in [0.15, 0.2) is 108 Å². The molecule has 0 radical (unpaired) electrons. The standard InChI is InChI=1S/C35H36N2O6S/c1-23(41-24(2)39)34(40)37-20-25-11-17-29(18-12-25)35-42-30(22-44-31-10-6-7-19-36-31)32(27-8-4-3-5-9-27)33(43-35)28-15-13-26(21-38)14-16-28/h3-19,23,30,32-33,35,38H,20-22H2,1-2H3,(H,37,40)/t23-,30+,32+,33-,35?/m0/s1. The van der Waals surface area contributed by atoms with E-state index in [2.05, 4.69) is 22.4 Å². The highest BCUT2D eigenvalue weighted by molar-refractivity contribution is 7.99. The molecule has 0 aliphatic carbocycles. The van der Waals surface area contributed by atoms with E-state index in [0.717, 1.165) is 32.8 Å². The van der Waals surface area contributed by atoms with Crippen molar-refractivity contribution in [2.24, 2.45) is 0 Å². The summed E-state index contributed by atoms with van der Waals surface area (Å²) in [6, 6.07) is 31.8. The topological polar surface area (TPSA) is 107 Å². The second-order valence-electron chi connectivity index (χ2n) is 10.6. The van der Waals surface area contributed by atoms with Crippen molar-refractivity contribution in [1.82, 2.24) is 10.3 Å². The number of pyridine rings is 1. The van der Waals surface area contributed by atoms with Crippen molar-refractivity contribution in [3.05, 3.63) is 131 Å². The summed E-state index contributed by atoms with van der Waals surface area (Å²) in [7, 11) is 0. The zero-order valence-corrected chi connectivity index (χ0v) is 25.5. The Morgan fingerprint density at radius 3 is 2.23 bits per heavy atom. The fourth-order valence-electron chi connectivity index (χ4n) is 5.18. The molecule has 0 spiro atoms. The second-order valence-corrected chi connectivity index (χ2v) is 11.6. The van der Waals surface area contributed by atoms with E-state index >= 15 is 0 Å². The van der Waals surface area contributed by atoms with Crippen LogP contribution in [0.25, 0.3) is 0 Å². The Hall–Kier alpha value is -4.02. The lowest BCUT2D eigenvalue weighted by Crippen LogP contribution is -2.38. The van der Waals surface area contributed by atoms with E-state index < -0.39 is 18.4 Å². The van der Waals surface area contributed by atoms with Crippen LogP contribution in [-0.2, 0) is 37.0 Å². The smallest absolute Gasteiger partial charge is 0.303 e. The third-order valence-corrected chi connectivity index (χ3v) is 8.47. The molecule has 1 aromatic heterocycles. The number of aliphatic hydroxyl groups excluding tert-OH is 1. The van der Waals surface area contributed by atoms with Crippen molar-refractivity contribution < 1.29 is 28.9 Å². The molecule has 4 aromatic rings. The average molecular weight is 613 g/mol. The highest BCUT2D eigenvalue weighted by Gasteiger charge is 2.42. The largest absolute Gasteiger partial charge is 0.453 e. The van der Waals surface area contributed by atoms with Crippen LogP contribution in [0.5, 0.6) is 0 Å². The third kappa shape index (κ3) is 8.12. The Kier molecular flexibility index (Phi) is 10.8. The first-order chi connectivity index (χ1) is 21.4. The number of esters is 1. The summed E-state index contributed by atoms with van der Waals surface area (Å²) in [5, 5.41) is 13.3. The molecular weight excluding hydrogens is 576 g/mol. The van der Waals surface area contributed by atoms with Gasteiger partial charge in [-0.2, -0.15) is 0 Å². The molecule has 1 aliphatic rings. The van der Waals surface area contributed by atoms with E-state index in [0.29, 0.717) is 5.75 Å². The van der Waals surface area contributed by atoms with Crippen LogP contribution in [0.1, 0.15) is 60.0 Å². The number of aliphatic hydroxyl groups is 1. The highest BCUT2D eigenvalue weighted by atomic mass is 32.2. The number of hydrogen-bond acceptors (Lipinski definition) is 8. The fourth-order valence-corrected chi connectivity index (χ4v) is 6.11. The molecule has 44 heavy (non-hydrogen) atoms. The summed E-state index contributed by atoms with van der Waals surface area (Å²) in [5.74, 6) is -0.305. The summed E-state index contributed by atoms with van der Waals surface area (Å²) >= 11 is 1.65. The molecule has 1 unspecified atom stereocenters. The van der Waals surface area contributed by atoms with Gasteiger partial charge in [-0.25, -0.2) is 4.98 Å². The Morgan fingerprint density at radius 1 is 0.886 bits per heavy atom. The van der Waals surface area contributed by atoms with Crippen LogP contribution in [0.2, 0.25) is 0 Å². The first kappa shape index (κ1) is 31.4. The molecule has 1 fully saturated rings. The number of thioether (sulfide) groups is 1. The molecule has 2 N–H and O–H groups in total. The SMILES string of the molecule is CC(=O)O[C@@H](C)C(=O)NCc1ccc(C2O[C@H](CSc3ccccn3)[C@@H](c3ccccc3)[C@H](c3ccc(CO)cc3)O2)cc1. The molecule has 5 rings (SSSR count). The molecule has 0 saturated carbocycles. The van der Waals surface area contributed by atoms with Gasteiger partial charge in [0.15, 0.2) is 12.4 Å². The van der Waals surface area contributed by atoms with Crippen molar-refractivity contribution in [1.29, 1.82) is 0 Å². The average Bonchev–Trinajstić information content (AvgIpc) is 3.06. The summed E-state index contributed by atoms with van der Waals surface area (Å²) < 4.78 is 18.5. The first-order valence-corrected chi connectivity index (χ1v) is 15.5. The van der Waals surface area contributed by atoms with Gasteiger partial charge in [-0.05, 0) is 41.3 Å². The van der Waals surface area contributed by atoms with Gasteiger partial charge in [0.25, 0.3) is 5.91 Å². The summed E-state index contributed by atoms with van der Waals surface area (Å²) in [4.78, 5) is 27.9. The number of carbonyl (C=O) groups excluding carboxylic acids is 2. The molecule has 1 saturated heterocycles. The Morgan fingerprint density at radius 2 is 1.57 bits per heavy atom. The van der Waals surface area contributed by atoms with Crippen LogP contribution in [0.3, 0.4) is 0 Å². The number of benzene rings is 3. The van der Waals surface area contributed by atoms with Crippen molar-refractivity contribution >= 4 is 23.6 Å². The van der Waals surface area contributed by atoms with Crippen LogP contribution in [0.4, 0.5) is 0 Å². The van der Waals surface area contributed by atoms with E-state index in [9.17, 15) is 14.7 Å². The highest BCUT2D eigenvalue weighted by Crippen LogP contribution is 2.47. The van der Waals surface area contributed by atoms with Crippen LogP contribution in [0, 0.1) is 0 Å². The van der Waals surface area contributed by atoms with Gasteiger partial charge < -0.3 is 24.6 Å². The molecule has 0 bridgehead atoms.